The molecule has 0 aliphatic carbocycles. The van der Waals surface area contributed by atoms with E-state index in [0.717, 1.165) is 37.7 Å². The smallest absolute Gasteiger partial charge is 0.161 e. The van der Waals surface area contributed by atoms with Crippen LogP contribution in [0.15, 0.2) is 18.2 Å². The van der Waals surface area contributed by atoms with Crippen LogP contribution in [0.2, 0.25) is 0 Å². The van der Waals surface area contributed by atoms with E-state index >= 15 is 0 Å². The van der Waals surface area contributed by atoms with Gasteiger partial charge in [0.05, 0.1) is 13.7 Å². The number of methoxy groups -OCH3 is 1. The predicted octanol–water partition coefficient (Wildman–Crippen LogP) is 2.91. The Balaban J connectivity index is 2.55. The SMILES string of the molecule is CCOc1ccc(CNC(C)CN(CC)CC)cc1OC. The minimum atomic E-state index is 0.461. The van der Waals surface area contributed by atoms with Crippen LogP contribution in [0.5, 0.6) is 11.5 Å². The third kappa shape index (κ3) is 5.94. The van der Waals surface area contributed by atoms with Crippen molar-refractivity contribution in [2.45, 2.75) is 40.3 Å². The second-order valence-electron chi connectivity index (χ2n) is 5.19. The summed E-state index contributed by atoms with van der Waals surface area (Å²) in [5.74, 6) is 1.60. The molecular weight excluding hydrogens is 264 g/mol. The molecule has 120 valence electrons. The zero-order valence-corrected chi connectivity index (χ0v) is 14.1. The number of ether oxygens (including phenoxy) is 2. The quantitative estimate of drug-likeness (QED) is 0.719. The molecule has 0 aromatic heterocycles. The summed E-state index contributed by atoms with van der Waals surface area (Å²) < 4.78 is 10.9. The molecule has 1 aromatic carbocycles. The first kappa shape index (κ1) is 17.8. The van der Waals surface area contributed by atoms with E-state index in [1.165, 1.54) is 5.56 Å². The first-order valence-electron chi connectivity index (χ1n) is 7.89. The molecule has 0 heterocycles. The maximum atomic E-state index is 5.54. The topological polar surface area (TPSA) is 33.7 Å². The van der Waals surface area contributed by atoms with E-state index in [1.807, 2.05) is 19.1 Å². The highest BCUT2D eigenvalue weighted by molar-refractivity contribution is 5.42. The van der Waals surface area contributed by atoms with Crippen molar-refractivity contribution in [2.75, 3.05) is 33.4 Å². The number of nitrogens with one attached hydrogen (secondary N) is 1. The van der Waals surface area contributed by atoms with Crippen molar-refractivity contribution in [3.63, 3.8) is 0 Å². The predicted molar refractivity (Wildman–Crippen MR) is 88.3 cm³/mol. The molecule has 4 heteroatoms. The van der Waals surface area contributed by atoms with E-state index in [1.54, 1.807) is 7.11 Å². The Bertz CT molecular complexity index is 406. The van der Waals surface area contributed by atoms with Crippen molar-refractivity contribution < 1.29 is 9.47 Å². The second kappa shape index (κ2) is 9.64. The van der Waals surface area contributed by atoms with E-state index in [4.69, 9.17) is 9.47 Å². The minimum absolute atomic E-state index is 0.461. The summed E-state index contributed by atoms with van der Waals surface area (Å²) in [4.78, 5) is 2.43. The van der Waals surface area contributed by atoms with Gasteiger partial charge in [0, 0.05) is 19.1 Å². The van der Waals surface area contributed by atoms with E-state index in [0.29, 0.717) is 12.6 Å². The normalized spacial score (nSPS) is 12.5. The molecule has 0 fully saturated rings. The lowest BCUT2D eigenvalue weighted by molar-refractivity contribution is 0.270. The first-order chi connectivity index (χ1) is 10.1. The van der Waals surface area contributed by atoms with Gasteiger partial charge in [-0.05, 0) is 44.6 Å². The van der Waals surface area contributed by atoms with Crippen molar-refractivity contribution in [1.82, 2.24) is 10.2 Å². The monoisotopic (exact) mass is 294 g/mol. The summed E-state index contributed by atoms with van der Waals surface area (Å²) in [6, 6.07) is 6.57. The number of benzene rings is 1. The third-order valence-electron chi connectivity index (χ3n) is 3.61. The molecule has 0 saturated heterocycles. The molecule has 0 bridgehead atoms. The zero-order chi connectivity index (χ0) is 15.7. The molecule has 1 N–H and O–H groups in total. The maximum Gasteiger partial charge on any atom is 0.161 e. The van der Waals surface area contributed by atoms with Crippen molar-refractivity contribution in [3.05, 3.63) is 23.8 Å². The molecule has 1 rings (SSSR count). The van der Waals surface area contributed by atoms with Gasteiger partial charge in [-0.15, -0.1) is 0 Å². The van der Waals surface area contributed by atoms with Crippen molar-refractivity contribution in [1.29, 1.82) is 0 Å². The van der Waals surface area contributed by atoms with Crippen LogP contribution < -0.4 is 14.8 Å². The lowest BCUT2D eigenvalue weighted by Gasteiger charge is -2.23. The zero-order valence-electron chi connectivity index (χ0n) is 14.1. The summed E-state index contributed by atoms with van der Waals surface area (Å²) in [7, 11) is 1.68. The van der Waals surface area contributed by atoms with Crippen LogP contribution in [0.1, 0.15) is 33.3 Å². The number of hydrogen-bond donors (Lipinski definition) is 1. The largest absolute Gasteiger partial charge is 0.493 e. The molecule has 0 radical (unpaired) electrons. The van der Waals surface area contributed by atoms with Gasteiger partial charge in [0.1, 0.15) is 0 Å². The van der Waals surface area contributed by atoms with Gasteiger partial charge in [-0.1, -0.05) is 19.9 Å². The lowest BCUT2D eigenvalue weighted by Crippen LogP contribution is -2.38. The van der Waals surface area contributed by atoms with Crippen molar-refractivity contribution in [2.24, 2.45) is 0 Å². The van der Waals surface area contributed by atoms with Crippen LogP contribution in [-0.4, -0.2) is 44.3 Å². The van der Waals surface area contributed by atoms with Gasteiger partial charge in [0.15, 0.2) is 11.5 Å². The first-order valence-corrected chi connectivity index (χ1v) is 7.89. The van der Waals surface area contributed by atoms with Gasteiger partial charge in [-0.3, -0.25) is 0 Å². The Morgan fingerprint density at radius 2 is 1.86 bits per heavy atom. The number of nitrogens with zero attached hydrogens (tertiary/aromatic N) is 1. The van der Waals surface area contributed by atoms with E-state index in [-0.39, 0.29) is 0 Å². The lowest BCUT2D eigenvalue weighted by atomic mass is 10.2. The van der Waals surface area contributed by atoms with Gasteiger partial charge >= 0.3 is 0 Å². The third-order valence-corrected chi connectivity index (χ3v) is 3.61. The summed E-state index contributed by atoms with van der Waals surface area (Å²) in [5, 5.41) is 3.56. The molecule has 0 aliphatic rings. The van der Waals surface area contributed by atoms with Crippen LogP contribution >= 0.6 is 0 Å². The Morgan fingerprint density at radius 1 is 1.14 bits per heavy atom. The van der Waals surface area contributed by atoms with Crippen molar-refractivity contribution >= 4 is 0 Å². The highest BCUT2D eigenvalue weighted by Crippen LogP contribution is 2.27. The van der Waals surface area contributed by atoms with Gasteiger partial charge in [0.2, 0.25) is 0 Å². The van der Waals surface area contributed by atoms with Crippen LogP contribution in [0.3, 0.4) is 0 Å². The molecule has 4 nitrogen and oxygen atoms in total. The maximum absolute atomic E-state index is 5.54. The van der Waals surface area contributed by atoms with E-state index in [9.17, 15) is 0 Å². The average molecular weight is 294 g/mol. The fourth-order valence-electron chi connectivity index (χ4n) is 2.32. The number of likely N-dealkylation sites (N-methyl/N-ethyl adjacent to an activating group) is 1. The highest BCUT2D eigenvalue weighted by atomic mass is 16.5. The standard InChI is InChI=1S/C17H30N2O2/c1-6-19(7-2)13-14(4)18-12-15-9-10-16(21-8-3)17(11-15)20-5/h9-11,14,18H,6-8,12-13H2,1-5H3. The van der Waals surface area contributed by atoms with Gasteiger partial charge < -0.3 is 19.7 Å². The van der Waals surface area contributed by atoms with Crippen molar-refractivity contribution in [3.8, 4) is 11.5 Å². The fourth-order valence-corrected chi connectivity index (χ4v) is 2.32. The number of rotatable bonds is 10. The van der Waals surface area contributed by atoms with Crippen LogP contribution in [0.25, 0.3) is 0 Å². The average Bonchev–Trinajstić information content (AvgIpc) is 2.51. The van der Waals surface area contributed by atoms with Crippen LogP contribution in [-0.2, 0) is 6.54 Å². The Kier molecular flexibility index (Phi) is 8.16. The van der Waals surface area contributed by atoms with Gasteiger partial charge in [-0.25, -0.2) is 0 Å². The second-order valence-corrected chi connectivity index (χ2v) is 5.19. The number of hydrogen-bond acceptors (Lipinski definition) is 4. The van der Waals surface area contributed by atoms with Crippen LogP contribution in [0.4, 0.5) is 0 Å². The summed E-state index contributed by atoms with van der Waals surface area (Å²) in [5.41, 5.74) is 1.21. The van der Waals surface area contributed by atoms with E-state index < -0.39 is 0 Å². The Morgan fingerprint density at radius 3 is 2.43 bits per heavy atom. The summed E-state index contributed by atoms with van der Waals surface area (Å²) in [6.07, 6.45) is 0. The van der Waals surface area contributed by atoms with Crippen LogP contribution in [0, 0.1) is 0 Å². The molecule has 0 amide bonds. The molecule has 1 unspecified atom stereocenters. The molecule has 1 aromatic rings. The Hall–Kier alpha value is -1.26. The summed E-state index contributed by atoms with van der Waals surface area (Å²) >= 11 is 0. The molecule has 0 spiro atoms. The van der Waals surface area contributed by atoms with Gasteiger partial charge in [-0.2, -0.15) is 0 Å². The fraction of sp³-hybridized carbons (Fsp3) is 0.647. The summed E-state index contributed by atoms with van der Waals surface area (Å²) in [6.45, 7) is 13.4. The minimum Gasteiger partial charge on any atom is -0.493 e. The Labute approximate surface area is 129 Å². The molecule has 0 aliphatic heterocycles. The van der Waals surface area contributed by atoms with E-state index in [2.05, 4.69) is 37.1 Å². The molecule has 0 saturated carbocycles. The highest BCUT2D eigenvalue weighted by Gasteiger charge is 2.08. The van der Waals surface area contributed by atoms with Gasteiger partial charge in [0.25, 0.3) is 0 Å². The molecular formula is C17H30N2O2. The molecule has 21 heavy (non-hydrogen) atoms. The molecule has 1 atom stereocenters.